The van der Waals surface area contributed by atoms with Gasteiger partial charge in [-0.2, -0.15) is 0 Å². The van der Waals surface area contributed by atoms with Crippen molar-refractivity contribution in [1.29, 1.82) is 0 Å². The van der Waals surface area contributed by atoms with Crippen LogP contribution in [0.5, 0.6) is 5.75 Å². The normalized spacial score (nSPS) is 21.3. The first-order valence-corrected chi connectivity index (χ1v) is 8.80. The monoisotopic (exact) mass is 302 g/mol. The van der Waals surface area contributed by atoms with Gasteiger partial charge in [0.15, 0.2) is 0 Å². The second kappa shape index (κ2) is 6.49. The van der Waals surface area contributed by atoms with Crippen molar-refractivity contribution in [3.63, 3.8) is 0 Å². The third-order valence-corrected chi connectivity index (χ3v) is 5.36. The Kier molecular flexibility index (Phi) is 4.62. The highest BCUT2D eigenvalue weighted by molar-refractivity contribution is 5.59. The molecule has 1 saturated heterocycles. The second-order valence-corrected chi connectivity index (χ2v) is 7.54. The molecular weight excluding hydrogens is 272 g/mol. The highest BCUT2D eigenvalue weighted by Gasteiger charge is 2.32. The van der Waals surface area contributed by atoms with Crippen LogP contribution in [0.15, 0.2) is 18.2 Å². The number of nitrogens with one attached hydrogen (secondary N) is 1. The summed E-state index contributed by atoms with van der Waals surface area (Å²) in [5.41, 5.74) is 2.96. The van der Waals surface area contributed by atoms with Gasteiger partial charge in [-0.1, -0.05) is 13.0 Å². The third-order valence-electron chi connectivity index (χ3n) is 5.36. The molecule has 0 radical (unpaired) electrons. The first-order valence-electron chi connectivity index (χ1n) is 8.80. The van der Waals surface area contributed by atoms with Crippen molar-refractivity contribution in [2.75, 3.05) is 31.6 Å². The first kappa shape index (κ1) is 15.7. The Labute approximate surface area is 135 Å². The van der Waals surface area contributed by atoms with Crippen LogP contribution in [0.4, 0.5) is 5.69 Å². The Balaban J connectivity index is 1.61. The van der Waals surface area contributed by atoms with Crippen LogP contribution < -0.4 is 10.1 Å². The van der Waals surface area contributed by atoms with Gasteiger partial charge >= 0.3 is 0 Å². The lowest BCUT2D eigenvalue weighted by Crippen LogP contribution is -2.44. The fourth-order valence-corrected chi connectivity index (χ4v) is 3.59. The van der Waals surface area contributed by atoms with E-state index in [1.165, 1.54) is 43.6 Å². The molecule has 2 aliphatic rings. The number of anilines is 1. The fourth-order valence-electron chi connectivity index (χ4n) is 3.59. The molecule has 2 aliphatic heterocycles. The summed E-state index contributed by atoms with van der Waals surface area (Å²) in [5.74, 6) is 1.09. The fraction of sp³-hybridized carbons (Fsp3) is 0.684. The van der Waals surface area contributed by atoms with Crippen LogP contribution in [-0.4, -0.2) is 37.2 Å². The number of hydrogen-bond acceptors (Lipinski definition) is 3. The standard InChI is InChI=1S/C19H30N2O/c1-15(2)21-12-9-19(3,10-13-21)14-22-18-8-4-7-17-16(18)6-5-11-20-17/h4,7-8,15,20H,5-6,9-14H2,1-3H3. The summed E-state index contributed by atoms with van der Waals surface area (Å²) in [6.07, 6.45) is 4.81. The number of piperidine rings is 1. The average molecular weight is 302 g/mol. The molecule has 1 aromatic rings. The van der Waals surface area contributed by atoms with E-state index >= 15 is 0 Å². The number of hydrogen-bond donors (Lipinski definition) is 1. The minimum absolute atomic E-state index is 0.316. The molecule has 22 heavy (non-hydrogen) atoms. The van der Waals surface area contributed by atoms with Crippen molar-refractivity contribution in [3.05, 3.63) is 23.8 Å². The highest BCUT2D eigenvalue weighted by Crippen LogP contribution is 2.35. The lowest BCUT2D eigenvalue weighted by Gasteiger charge is -2.41. The molecule has 0 bridgehead atoms. The number of nitrogens with zero attached hydrogens (tertiary/aromatic N) is 1. The summed E-state index contributed by atoms with van der Waals surface area (Å²) in [4.78, 5) is 2.58. The number of likely N-dealkylation sites (tertiary alicyclic amines) is 1. The molecule has 2 heterocycles. The molecule has 0 aliphatic carbocycles. The molecule has 1 fully saturated rings. The molecule has 0 amide bonds. The molecule has 0 atom stereocenters. The van der Waals surface area contributed by atoms with Crippen molar-refractivity contribution in [2.45, 2.75) is 52.5 Å². The maximum Gasteiger partial charge on any atom is 0.124 e. The summed E-state index contributed by atoms with van der Waals surface area (Å²) in [6.45, 7) is 11.3. The second-order valence-electron chi connectivity index (χ2n) is 7.54. The van der Waals surface area contributed by atoms with Gasteiger partial charge in [-0.3, -0.25) is 0 Å². The van der Waals surface area contributed by atoms with E-state index in [4.69, 9.17) is 4.74 Å². The number of ether oxygens (including phenoxy) is 1. The van der Waals surface area contributed by atoms with Gasteiger partial charge in [0.25, 0.3) is 0 Å². The molecule has 1 N–H and O–H groups in total. The quantitative estimate of drug-likeness (QED) is 0.912. The Bertz CT molecular complexity index is 504. The first-order chi connectivity index (χ1) is 10.6. The Morgan fingerprint density at radius 3 is 2.77 bits per heavy atom. The lowest BCUT2D eigenvalue weighted by atomic mass is 9.81. The van der Waals surface area contributed by atoms with Crippen molar-refractivity contribution >= 4 is 5.69 Å². The van der Waals surface area contributed by atoms with Crippen molar-refractivity contribution in [3.8, 4) is 5.75 Å². The minimum Gasteiger partial charge on any atom is -0.493 e. The van der Waals surface area contributed by atoms with E-state index < -0.39 is 0 Å². The van der Waals surface area contributed by atoms with E-state index in [1.807, 2.05) is 0 Å². The predicted octanol–water partition coefficient (Wildman–Crippen LogP) is 3.93. The lowest BCUT2D eigenvalue weighted by molar-refractivity contribution is 0.0550. The van der Waals surface area contributed by atoms with Gasteiger partial charge in [-0.15, -0.1) is 0 Å². The third kappa shape index (κ3) is 3.40. The van der Waals surface area contributed by atoms with Gasteiger partial charge in [0, 0.05) is 29.3 Å². The van der Waals surface area contributed by atoms with Gasteiger partial charge in [-0.05, 0) is 64.8 Å². The summed E-state index contributed by atoms with van der Waals surface area (Å²) in [6, 6.07) is 7.08. The molecular formula is C19H30N2O. The zero-order valence-electron chi connectivity index (χ0n) is 14.3. The molecule has 3 rings (SSSR count). The molecule has 0 saturated carbocycles. The van der Waals surface area contributed by atoms with Crippen LogP contribution in [0.3, 0.4) is 0 Å². The number of rotatable bonds is 4. The van der Waals surface area contributed by atoms with Crippen LogP contribution in [0.2, 0.25) is 0 Å². The van der Waals surface area contributed by atoms with Gasteiger partial charge in [-0.25, -0.2) is 0 Å². The van der Waals surface area contributed by atoms with E-state index in [-0.39, 0.29) is 0 Å². The van der Waals surface area contributed by atoms with Gasteiger partial charge < -0.3 is 15.0 Å². The molecule has 0 aromatic heterocycles. The highest BCUT2D eigenvalue weighted by atomic mass is 16.5. The van der Waals surface area contributed by atoms with Crippen molar-refractivity contribution in [1.82, 2.24) is 4.90 Å². The molecule has 1 aromatic carbocycles. The van der Waals surface area contributed by atoms with E-state index in [1.54, 1.807) is 0 Å². The molecule has 3 nitrogen and oxygen atoms in total. The minimum atomic E-state index is 0.316. The number of fused-ring (bicyclic) bond motifs is 1. The average Bonchev–Trinajstić information content (AvgIpc) is 2.53. The van der Waals surface area contributed by atoms with E-state index in [0.717, 1.165) is 25.3 Å². The zero-order chi connectivity index (χ0) is 15.6. The smallest absolute Gasteiger partial charge is 0.124 e. The molecule has 122 valence electrons. The Morgan fingerprint density at radius 2 is 2.05 bits per heavy atom. The summed E-state index contributed by atoms with van der Waals surface area (Å²) in [7, 11) is 0. The summed E-state index contributed by atoms with van der Waals surface area (Å²) < 4.78 is 6.28. The van der Waals surface area contributed by atoms with Crippen LogP contribution in [0.1, 0.15) is 45.6 Å². The predicted molar refractivity (Wildman–Crippen MR) is 92.8 cm³/mol. The van der Waals surface area contributed by atoms with E-state index in [0.29, 0.717) is 11.5 Å². The Hall–Kier alpha value is -1.22. The van der Waals surface area contributed by atoms with Gasteiger partial charge in [0.2, 0.25) is 0 Å². The van der Waals surface area contributed by atoms with Crippen LogP contribution in [0, 0.1) is 5.41 Å². The van der Waals surface area contributed by atoms with E-state index in [2.05, 4.69) is 49.2 Å². The Morgan fingerprint density at radius 1 is 1.27 bits per heavy atom. The van der Waals surface area contributed by atoms with Crippen molar-refractivity contribution < 1.29 is 4.74 Å². The maximum atomic E-state index is 6.28. The van der Waals surface area contributed by atoms with Crippen LogP contribution in [-0.2, 0) is 6.42 Å². The molecule has 0 spiro atoms. The zero-order valence-corrected chi connectivity index (χ0v) is 14.3. The molecule has 3 heteroatoms. The summed E-state index contributed by atoms with van der Waals surface area (Å²) in [5, 5.41) is 3.48. The number of benzene rings is 1. The van der Waals surface area contributed by atoms with Crippen molar-refractivity contribution in [2.24, 2.45) is 5.41 Å². The van der Waals surface area contributed by atoms with Gasteiger partial charge in [0.1, 0.15) is 5.75 Å². The largest absolute Gasteiger partial charge is 0.493 e. The van der Waals surface area contributed by atoms with Crippen LogP contribution >= 0.6 is 0 Å². The SMILES string of the molecule is CC(C)N1CCC(C)(COc2cccc3c2CCCN3)CC1. The summed E-state index contributed by atoms with van der Waals surface area (Å²) >= 11 is 0. The molecule has 0 unspecified atom stereocenters. The topological polar surface area (TPSA) is 24.5 Å². The van der Waals surface area contributed by atoms with Gasteiger partial charge in [0.05, 0.1) is 6.61 Å². The van der Waals surface area contributed by atoms with Crippen LogP contribution in [0.25, 0.3) is 0 Å². The maximum absolute atomic E-state index is 6.28. The van der Waals surface area contributed by atoms with E-state index in [9.17, 15) is 0 Å².